The summed E-state index contributed by atoms with van der Waals surface area (Å²) < 4.78 is 3.15. The summed E-state index contributed by atoms with van der Waals surface area (Å²) in [5, 5.41) is 14.1. The van der Waals surface area contributed by atoms with Crippen LogP contribution >= 0.6 is 27.3 Å². The molecule has 2 heterocycles. The maximum atomic E-state index is 4.12. The van der Waals surface area contributed by atoms with Gasteiger partial charge in [0.25, 0.3) is 0 Å². The molecule has 96 valence electrons. The van der Waals surface area contributed by atoms with Crippen molar-refractivity contribution >= 4 is 27.3 Å². The Morgan fingerprint density at radius 1 is 1.50 bits per heavy atom. The lowest BCUT2D eigenvalue weighted by atomic mass is 10.3. The van der Waals surface area contributed by atoms with Crippen molar-refractivity contribution in [2.75, 3.05) is 7.05 Å². The maximum absolute atomic E-state index is 4.12. The number of hydrogen-bond donors (Lipinski definition) is 0. The van der Waals surface area contributed by atoms with E-state index in [1.165, 1.54) is 22.2 Å². The lowest BCUT2D eigenvalue weighted by Gasteiger charge is -2.14. The molecule has 1 aliphatic carbocycles. The highest BCUT2D eigenvalue weighted by atomic mass is 79.9. The minimum absolute atomic E-state index is 0.540. The second-order valence-corrected chi connectivity index (χ2v) is 6.99. The molecule has 0 amide bonds. The summed E-state index contributed by atoms with van der Waals surface area (Å²) in [5.41, 5.74) is 1.32. The van der Waals surface area contributed by atoms with Gasteiger partial charge in [0.1, 0.15) is 0 Å². The highest BCUT2D eigenvalue weighted by Gasteiger charge is 2.27. The maximum Gasteiger partial charge on any atom is 0.165 e. The third kappa shape index (κ3) is 2.78. The molecular formula is C11H14BrN5S. The second kappa shape index (κ2) is 5.07. The largest absolute Gasteiger partial charge is 0.295 e. The highest BCUT2D eigenvalue weighted by molar-refractivity contribution is 9.11. The molecule has 7 heteroatoms. The lowest BCUT2D eigenvalue weighted by molar-refractivity contribution is 0.303. The van der Waals surface area contributed by atoms with Crippen LogP contribution in [0.3, 0.4) is 0 Å². The van der Waals surface area contributed by atoms with E-state index in [2.05, 4.69) is 54.8 Å². The standard InChI is InChI=1S/C11H14BrN5S/c1-16(5-8-4-10(12)18-7-8)6-11-13-14-15-17(11)9-2-3-9/h4,7,9H,2-3,5-6H2,1H3. The number of nitrogens with zero attached hydrogens (tertiary/aromatic N) is 5. The summed E-state index contributed by atoms with van der Waals surface area (Å²) >= 11 is 5.20. The number of halogens is 1. The van der Waals surface area contributed by atoms with Crippen LogP contribution in [0.15, 0.2) is 15.2 Å². The van der Waals surface area contributed by atoms with Gasteiger partial charge in [-0.3, -0.25) is 4.90 Å². The van der Waals surface area contributed by atoms with E-state index < -0.39 is 0 Å². The van der Waals surface area contributed by atoms with Crippen molar-refractivity contribution in [2.24, 2.45) is 0 Å². The van der Waals surface area contributed by atoms with Gasteiger partial charge in [-0.25, -0.2) is 4.68 Å². The minimum Gasteiger partial charge on any atom is -0.295 e. The fourth-order valence-corrected chi connectivity index (χ4v) is 3.16. The molecule has 18 heavy (non-hydrogen) atoms. The molecule has 0 radical (unpaired) electrons. The summed E-state index contributed by atoms with van der Waals surface area (Å²) in [6, 6.07) is 2.70. The molecule has 0 spiro atoms. The van der Waals surface area contributed by atoms with E-state index in [1.807, 2.05) is 4.68 Å². The van der Waals surface area contributed by atoms with Crippen molar-refractivity contribution in [1.29, 1.82) is 0 Å². The summed E-state index contributed by atoms with van der Waals surface area (Å²) in [4.78, 5) is 2.24. The Bertz CT molecular complexity index is 533. The Hall–Kier alpha value is -0.790. The number of thiophene rings is 1. The Labute approximate surface area is 118 Å². The molecule has 1 fully saturated rings. The first-order valence-corrected chi connectivity index (χ1v) is 7.58. The van der Waals surface area contributed by atoms with Gasteiger partial charge in [0.05, 0.1) is 16.4 Å². The quantitative estimate of drug-likeness (QED) is 0.846. The molecule has 0 aliphatic heterocycles. The summed E-state index contributed by atoms with van der Waals surface area (Å²) in [5.74, 6) is 0.967. The normalized spacial score (nSPS) is 15.5. The molecule has 2 aromatic heterocycles. The van der Waals surface area contributed by atoms with E-state index in [1.54, 1.807) is 11.3 Å². The molecule has 0 atom stereocenters. The van der Waals surface area contributed by atoms with Crippen LogP contribution in [-0.2, 0) is 13.1 Å². The fourth-order valence-electron chi connectivity index (χ4n) is 1.96. The number of aromatic nitrogens is 4. The van der Waals surface area contributed by atoms with E-state index in [-0.39, 0.29) is 0 Å². The smallest absolute Gasteiger partial charge is 0.165 e. The van der Waals surface area contributed by atoms with Crippen molar-refractivity contribution in [1.82, 2.24) is 25.1 Å². The minimum atomic E-state index is 0.540. The van der Waals surface area contributed by atoms with Crippen molar-refractivity contribution in [3.8, 4) is 0 Å². The van der Waals surface area contributed by atoms with E-state index in [4.69, 9.17) is 0 Å². The molecule has 1 aliphatic rings. The molecule has 1 saturated carbocycles. The van der Waals surface area contributed by atoms with Gasteiger partial charge in [-0.1, -0.05) is 0 Å². The summed E-state index contributed by atoms with van der Waals surface area (Å²) in [6.45, 7) is 1.70. The van der Waals surface area contributed by atoms with Gasteiger partial charge in [-0.15, -0.1) is 16.4 Å². The van der Waals surface area contributed by atoms with Crippen LogP contribution < -0.4 is 0 Å². The third-order valence-corrected chi connectivity index (χ3v) is 4.49. The van der Waals surface area contributed by atoms with Gasteiger partial charge in [0, 0.05) is 6.54 Å². The fraction of sp³-hybridized carbons (Fsp3) is 0.545. The van der Waals surface area contributed by atoms with Gasteiger partial charge in [-0.2, -0.15) is 0 Å². The Morgan fingerprint density at radius 2 is 2.33 bits per heavy atom. The second-order valence-electron chi connectivity index (χ2n) is 4.70. The van der Waals surface area contributed by atoms with Crippen molar-refractivity contribution < 1.29 is 0 Å². The molecule has 2 aromatic rings. The van der Waals surface area contributed by atoms with Crippen LogP contribution in [0.5, 0.6) is 0 Å². The number of hydrogen-bond acceptors (Lipinski definition) is 5. The van der Waals surface area contributed by atoms with Gasteiger partial charge < -0.3 is 0 Å². The van der Waals surface area contributed by atoms with E-state index in [0.717, 1.165) is 18.9 Å². The number of rotatable bonds is 5. The third-order valence-electron chi connectivity index (χ3n) is 2.94. The van der Waals surface area contributed by atoms with Gasteiger partial charge in [0.2, 0.25) is 0 Å². The molecule has 0 N–H and O–H groups in total. The zero-order chi connectivity index (χ0) is 12.5. The van der Waals surface area contributed by atoms with Crippen molar-refractivity contribution in [2.45, 2.75) is 32.0 Å². The monoisotopic (exact) mass is 327 g/mol. The van der Waals surface area contributed by atoms with E-state index >= 15 is 0 Å². The van der Waals surface area contributed by atoms with Crippen molar-refractivity contribution in [3.63, 3.8) is 0 Å². The Kier molecular flexibility index (Phi) is 3.45. The molecule has 0 bridgehead atoms. The van der Waals surface area contributed by atoms with Gasteiger partial charge in [-0.05, 0) is 63.3 Å². The van der Waals surface area contributed by atoms with Crippen LogP contribution in [0, 0.1) is 0 Å². The average Bonchev–Trinajstić information content (AvgIpc) is 2.94. The van der Waals surface area contributed by atoms with Crippen molar-refractivity contribution in [3.05, 3.63) is 26.6 Å². The SMILES string of the molecule is CN(Cc1csc(Br)c1)Cc1nnnn1C1CC1. The lowest BCUT2D eigenvalue weighted by Crippen LogP contribution is -2.20. The van der Waals surface area contributed by atoms with Gasteiger partial charge in [0.15, 0.2) is 5.82 Å². The van der Waals surface area contributed by atoms with E-state index in [9.17, 15) is 0 Å². The zero-order valence-corrected chi connectivity index (χ0v) is 12.5. The summed E-state index contributed by atoms with van der Waals surface area (Å²) in [6.07, 6.45) is 2.42. The first-order chi connectivity index (χ1) is 8.72. The first kappa shape index (κ1) is 12.3. The van der Waals surface area contributed by atoms with Crippen LogP contribution in [0.2, 0.25) is 0 Å². The molecule has 5 nitrogen and oxygen atoms in total. The predicted octanol–water partition coefficient (Wildman–Crippen LogP) is 2.46. The molecule has 3 rings (SSSR count). The van der Waals surface area contributed by atoms with Crippen LogP contribution in [0.1, 0.15) is 30.3 Å². The Morgan fingerprint density at radius 3 is 3.00 bits per heavy atom. The first-order valence-electron chi connectivity index (χ1n) is 5.90. The average molecular weight is 328 g/mol. The van der Waals surface area contributed by atoms with E-state index in [0.29, 0.717) is 6.04 Å². The highest BCUT2D eigenvalue weighted by Crippen LogP contribution is 2.34. The molecule has 0 unspecified atom stereocenters. The zero-order valence-electron chi connectivity index (χ0n) is 10.1. The van der Waals surface area contributed by atoms with Crippen LogP contribution in [-0.4, -0.2) is 32.2 Å². The molecule has 0 aromatic carbocycles. The Balaban J connectivity index is 1.63. The molecule has 0 saturated heterocycles. The van der Waals surface area contributed by atoms with Crippen LogP contribution in [0.4, 0.5) is 0 Å². The predicted molar refractivity (Wildman–Crippen MR) is 73.3 cm³/mol. The number of tetrazole rings is 1. The summed E-state index contributed by atoms with van der Waals surface area (Å²) in [7, 11) is 2.09. The molecular weight excluding hydrogens is 314 g/mol. The van der Waals surface area contributed by atoms with Gasteiger partial charge >= 0.3 is 0 Å². The van der Waals surface area contributed by atoms with Crippen LogP contribution in [0.25, 0.3) is 0 Å². The topological polar surface area (TPSA) is 46.8 Å².